The van der Waals surface area contributed by atoms with Crippen LogP contribution in [0.2, 0.25) is 5.02 Å². The van der Waals surface area contributed by atoms with Gasteiger partial charge in [0.25, 0.3) is 0 Å². The Bertz CT molecular complexity index is 1240. The standard InChI is InChI=1S/C23H23ClN6O2S/c1-15(20-25-26-21(32-20)16-8-10-19(31-2)11-9-16)33-23-28-27-22(29-12-3-4-13-29)30(23)18-7-5-6-17(24)14-18/h5-11,14-15H,3-4,12-13H2,1-2H3. The molecule has 2 aromatic carbocycles. The molecule has 0 N–H and O–H groups in total. The number of hydrogen-bond acceptors (Lipinski definition) is 8. The third kappa shape index (κ3) is 4.56. The summed E-state index contributed by atoms with van der Waals surface area (Å²) in [5.41, 5.74) is 1.76. The number of methoxy groups -OCH3 is 1. The van der Waals surface area contributed by atoms with E-state index in [1.54, 1.807) is 7.11 Å². The average molecular weight is 483 g/mol. The van der Waals surface area contributed by atoms with Gasteiger partial charge in [-0.3, -0.25) is 4.57 Å². The number of halogens is 1. The highest BCUT2D eigenvalue weighted by molar-refractivity contribution is 7.99. The summed E-state index contributed by atoms with van der Waals surface area (Å²) >= 11 is 7.81. The Hall–Kier alpha value is -3.04. The average Bonchev–Trinajstić information content (AvgIpc) is 3.59. The predicted octanol–water partition coefficient (Wildman–Crippen LogP) is 5.43. The highest BCUT2D eigenvalue weighted by Gasteiger charge is 2.25. The summed E-state index contributed by atoms with van der Waals surface area (Å²) in [4.78, 5) is 2.26. The van der Waals surface area contributed by atoms with Crippen molar-refractivity contribution in [3.63, 3.8) is 0 Å². The third-order valence-corrected chi connectivity index (χ3v) is 6.74. The molecule has 0 aliphatic carbocycles. The molecule has 1 fully saturated rings. The molecule has 0 spiro atoms. The highest BCUT2D eigenvalue weighted by Crippen LogP contribution is 2.38. The fourth-order valence-electron chi connectivity index (χ4n) is 3.76. The maximum Gasteiger partial charge on any atom is 0.247 e. The van der Waals surface area contributed by atoms with Crippen molar-refractivity contribution >= 4 is 29.3 Å². The maximum absolute atomic E-state index is 6.29. The Morgan fingerprint density at radius 1 is 1.03 bits per heavy atom. The number of benzene rings is 2. The molecule has 0 amide bonds. The van der Waals surface area contributed by atoms with E-state index >= 15 is 0 Å². The monoisotopic (exact) mass is 482 g/mol. The molecule has 1 aliphatic rings. The molecular formula is C23H23ClN6O2S. The van der Waals surface area contributed by atoms with E-state index in [4.69, 9.17) is 20.8 Å². The molecule has 4 aromatic rings. The molecule has 3 heterocycles. The van der Waals surface area contributed by atoms with Gasteiger partial charge >= 0.3 is 0 Å². The summed E-state index contributed by atoms with van der Waals surface area (Å²) in [6.07, 6.45) is 2.30. The number of anilines is 1. The third-order valence-electron chi connectivity index (χ3n) is 5.48. The SMILES string of the molecule is COc1ccc(-c2nnc(C(C)Sc3nnc(N4CCCC4)n3-c3cccc(Cl)c3)o2)cc1. The Labute approximate surface area is 200 Å². The van der Waals surface area contributed by atoms with Crippen LogP contribution in [0, 0.1) is 0 Å². The number of aromatic nitrogens is 5. The highest BCUT2D eigenvalue weighted by atomic mass is 35.5. The Morgan fingerprint density at radius 3 is 2.55 bits per heavy atom. The molecule has 8 nitrogen and oxygen atoms in total. The van der Waals surface area contributed by atoms with Crippen LogP contribution in [-0.2, 0) is 0 Å². The van der Waals surface area contributed by atoms with E-state index in [2.05, 4.69) is 29.9 Å². The second-order valence-corrected chi connectivity index (χ2v) is 9.47. The summed E-state index contributed by atoms with van der Waals surface area (Å²) in [7, 11) is 1.63. The fourth-order valence-corrected chi connectivity index (χ4v) is 4.84. The zero-order valence-electron chi connectivity index (χ0n) is 18.3. The van der Waals surface area contributed by atoms with E-state index in [1.165, 1.54) is 11.8 Å². The molecule has 0 radical (unpaired) electrons. The number of nitrogens with zero attached hydrogens (tertiary/aromatic N) is 6. The van der Waals surface area contributed by atoms with Gasteiger partial charge in [0.05, 0.1) is 18.0 Å². The summed E-state index contributed by atoms with van der Waals surface area (Å²) in [5.74, 6) is 2.59. The van der Waals surface area contributed by atoms with E-state index in [9.17, 15) is 0 Å². The van der Waals surface area contributed by atoms with E-state index in [0.29, 0.717) is 16.8 Å². The molecule has 33 heavy (non-hydrogen) atoms. The first kappa shape index (κ1) is 21.8. The van der Waals surface area contributed by atoms with Crippen molar-refractivity contribution in [3.05, 3.63) is 59.4 Å². The van der Waals surface area contributed by atoms with Crippen molar-refractivity contribution in [1.29, 1.82) is 0 Å². The summed E-state index contributed by atoms with van der Waals surface area (Å²) < 4.78 is 13.2. The predicted molar refractivity (Wildman–Crippen MR) is 128 cm³/mol. The molecule has 2 aromatic heterocycles. The van der Waals surface area contributed by atoms with Crippen molar-refractivity contribution in [2.45, 2.75) is 30.2 Å². The van der Waals surface area contributed by atoms with Crippen molar-refractivity contribution in [2.24, 2.45) is 0 Å². The minimum atomic E-state index is -0.127. The Kier molecular flexibility index (Phi) is 6.24. The van der Waals surface area contributed by atoms with Gasteiger partial charge in [0.2, 0.25) is 17.7 Å². The van der Waals surface area contributed by atoms with Crippen LogP contribution in [0.15, 0.2) is 58.1 Å². The summed E-state index contributed by atoms with van der Waals surface area (Å²) in [5, 5.41) is 18.8. The molecule has 1 unspecified atom stereocenters. The zero-order chi connectivity index (χ0) is 22.8. The van der Waals surface area contributed by atoms with Crippen LogP contribution in [0.3, 0.4) is 0 Å². The number of thioether (sulfide) groups is 1. The lowest BCUT2D eigenvalue weighted by Gasteiger charge is -2.19. The number of rotatable bonds is 7. The van der Waals surface area contributed by atoms with Gasteiger partial charge in [-0.1, -0.05) is 29.4 Å². The lowest BCUT2D eigenvalue weighted by Crippen LogP contribution is -2.22. The van der Waals surface area contributed by atoms with Crippen LogP contribution in [-0.4, -0.2) is 45.2 Å². The normalized spacial score (nSPS) is 14.6. The molecule has 0 bridgehead atoms. The minimum absolute atomic E-state index is 0.127. The van der Waals surface area contributed by atoms with Crippen molar-refractivity contribution in [1.82, 2.24) is 25.0 Å². The van der Waals surface area contributed by atoms with Crippen LogP contribution in [0.25, 0.3) is 17.1 Å². The molecule has 170 valence electrons. The van der Waals surface area contributed by atoms with Crippen molar-refractivity contribution in [2.75, 3.05) is 25.1 Å². The molecule has 5 rings (SSSR count). The lowest BCUT2D eigenvalue weighted by molar-refractivity contribution is 0.415. The van der Waals surface area contributed by atoms with Gasteiger partial charge < -0.3 is 14.1 Å². The van der Waals surface area contributed by atoms with Gasteiger partial charge in [0.15, 0.2) is 5.16 Å². The molecule has 1 atom stereocenters. The van der Waals surface area contributed by atoms with Gasteiger partial charge in [-0.2, -0.15) is 0 Å². The largest absolute Gasteiger partial charge is 0.497 e. The van der Waals surface area contributed by atoms with Gasteiger partial charge in [-0.05, 0) is 62.2 Å². The Morgan fingerprint density at radius 2 is 1.82 bits per heavy atom. The van der Waals surface area contributed by atoms with Gasteiger partial charge in [0, 0.05) is 23.7 Å². The van der Waals surface area contributed by atoms with E-state index in [1.807, 2.05) is 55.5 Å². The molecular weight excluding hydrogens is 460 g/mol. The van der Waals surface area contributed by atoms with Crippen LogP contribution in [0.5, 0.6) is 5.75 Å². The quantitative estimate of drug-likeness (QED) is 0.322. The minimum Gasteiger partial charge on any atom is -0.497 e. The van der Waals surface area contributed by atoms with E-state index < -0.39 is 0 Å². The lowest BCUT2D eigenvalue weighted by atomic mass is 10.2. The maximum atomic E-state index is 6.29. The Balaban J connectivity index is 1.42. The van der Waals surface area contributed by atoms with Crippen LogP contribution in [0.4, 0.5) is 5.95 Å². The second-order valence-electron chi connectivity index (χ2n) is 7.73. The first-order valence-electron chi connectivity index (χ1n) is 10.7. The smallest absolute Gasteiger partial charge is 0.247 e. The first-order valence-corrected chi connectivity index (χ1v) is 12.0. The summed E-state index contributed by atoms with van der Waals surface area (Å²) in [6, 6.07) is 15.3. The molecule has 1 aliphatic heterocycles. The zero-order valence-corrected chi connectivity index (χ0v) is 19.9. The topological polar surface area (TPSA) is 82.1 Å². The van der Waals surface area contributed by atoms with Crippen LogP contribution < -0.4 is 9.64 Å². The van der Waals surface area contributed by atoms with Crippen LogP contribution in [0.1, 0.15) is 30.9 Å². The van der Waals surface area contributed by atoms with E-state index in [-0.39, 0.29) is 5.25 Å². The van der Waals surface area contributed by atoms with E-state index in [0.717, 1.165) is 54.0 Å². The number of ether oxygens (including phenoxy) is 1. The van der Waals surface area contributed by atoms with Gasteiger partial charge in [0.1, 0.15) is 5.75 Å². The van der Waals surface area contributed by atoms with Crippen molar-refractivity contribution in [3.8, 4) is 22.9 Å². The first-order chi connectivity index (χ1) is 16.1. The summed E-state index contributed by atoms with van der Waals surface area (Å²) in [6.45, 7) is 3.95. The van der Waals surface area contributed by atoms with Crippen LogP contribution >= 0.6 is 23.4 Å². The second kappa shape index (κ2) is 9.44. The van der Waals surface area contributed by atoms with Crippen molar-refractivity contribution < 1.29 is 9.15 Å². The molecule has 1 saturated heterocycles. The van der Waals surface area contributed by atoms with Gasteiger partial charge in [-0.25, -0.2) is 0 Å². The molecule has 0 saturated carbocycles. The fraction of sp³-hybridized carbons (Fsp3) is 0.304. The molecule has 10 heteroatoms. The number of hydrogen-bond donors (Lipinski definition) is 0. The van der Waals surface area contributed by atoms with Gasteiger partial charge in [-0.15, -0.1) is 20.4 Å².